The first-order chi connectivity index (χ1) is 14.7. The van der Waals surface area contributed by atoms with Gasteiger partial charge in [0.05, 0.1) is 21.2 Å². The van der Waals surface area contributed by atoms with E-state index < -0.39 is 49.7 Å². The second-order valence-electron chi connectivity index (χ2n) is 7.54. The van der Waals surface area contributed by atoms with Gasteiger partial charge in [-0.1, -0.05) is 0 Å². The number of sulfone groups is 1. The summed E-state index contributed by atoms with van der Waals surface area (Å²) in [6, 6.07) is 5.12. The second-order valence-corrected chi connectivity index (χ2v) is 12.3. The molecule has 0 radical (unpaired) electrons. The number of nitrogens with two attached hydrogens (primary N) is 2. The lowest BCUT2D eigenvalue weighted by Gasteiger charge is -2.10. The Bertz CT molecular complexity index is 1170. The molecule has 0 fully saturated rings. The summed E-state index contributed by atoms with van der Waals surface area (Å²) in [6.45, 7) is 0. The number of rotatable bonds is 4. The fourth-order valence-electron chi connectivity index (χ4n) is 1.95. The van der Waals surface area contributed by atoms with Crippen molar-refractivity contribution in [2.75, 3.05) is 53.8 Å². The minimum Gasteiger partial charge on any atom is -0.398 e. The Labute approximate surface area is 195 Å². The summed E-state index contributed by atoms with van der Waals surface area (Å²) in [5.74, 6) is 0. The summed E-state index contributed by atoms with van der Waals surface area (Å²) in [7, 11) is -1.96. The lowest BCUT2D eigenvalue weighted by Crippen LogP contribution is -2.09. The van der Waals surface area contributed by atoms with Crippen LogP contribution in [-0.2, 0) is 30.1 Å². The van der Waals surface area contributed by atoms with Crippen LogP contribution >= 0.6 is 0 Å². The van der Waals surface area contributed by atoms with Gasteiger partial charge in [0.2, 0.25) is 9.84 Å². The van der Waals surface area contributed by atoms with Crippen molar-refractivity contribution in [1.82, 2.24) is 9.80 Å². The zero-order valence-electron chi connectivity index (χ0n) is 19.1. The van der Waals surface area contributed by atoms with Gasteiger partial charge in [-0.2, -0.15) is 16.8 Å². The molecule has 0 aliphatic rings. The van der Waals surface area contributed by atoms with E-state index in [0.717, 1.165) is 24.3 Å². The molecular weight excluding hydrogens is 496 g/mol. The lowest BCUT2D eigenvalue weighted by molar-refractivity contribution is 0.481. The van der Waals surface area contributed by atoms with Crippen molar-refractivity contribution in [1.29, 1.82) is 0 Å². The third kappa shape index (κ3) is 10.0. The van der Waals surface area contributed by atoms with E-state index in [1.807, 2.05) is 52.1 Å². The summed E-state index contributed by atoms with van der Waals surface area (Å²) in [4.78, 5) is 1.22. The predicted molar refractivity (Wildman–Crippen MR) is 126 cm³/mol. The Kier molecular flexibility index (Phi) is 10.9. The maximum atomic E-state index is 12.6. The first-order valence-electron chi connectivity index (χ1n) is 8.92. The summed E-state index contributed by atoms with van der Waals surface area (Å²) in [6.07, 6.45) is 0. The Morgan fingerprint density at radius 3 is 1.06 bits per heavy atom. The highest BCUT2D eigenvalue weighted by atomic mass is 32.2. The molecule has 2 rings (SSSR count). The molecule has 0 heterocycles. The van der Waals surface area contributed by atoms with Gasteiger partial charge in [0, 0.05) is 0 Å². The Morgan fingerprint density at radius 1 is 0.606 bits per heavy atom. The summed E-state index contributed by atoms with van der Waals surface area (Å²) < 4.78 is 88.3. The SMILES string of the molecule is CN(C)C.CN(C)C.Nc1ccc(S(=O)(=O)c2ccc(N)c(S(=O)(=O)O)c2)cc1S(=O)(=O)O. The van der Waals surface area contributed by atoms with Gasteiger partial charge in [-0.15, -0.1) is 0 Å². The van der Waals surface area contributed by atoms with Crippen molar-refractivity contribution in [2.24, 2.45) is 0 Å². The van der Waals surface area contributed by atoms with E-state index in [1.54, 1.807) is 0 Å². The predicted octanol–water partition coefficient (Wildman–Crippen LogP) is 0.533. The summed E-state index contributed by atoms with van der Waals surface area (Å²) >= 11 is 0. The molecule has 12 nitrogen and oxygen atoms in total. The van der Waals surface area contributed by atoms with Crippen LogP contribution in [0, 0.1) is 0 Å². The molecule has 33 heavy (non-hydrogen) atoms. The molecule has 0 saturated heterocycles. The molecule has 0 aliphatic heterocycles. The number of benzene rings is 2. The fraction of sp³-hybridized carbons (Fsp3) is 0.333. The third-order valence-electron chi connectivity index (χ3n) is 3.15. The maximum absolute atomic E-state index is 12.6. The van der Waals surface area contributed by atoms with E-state index in [-0.39, 0.29) is 11.4 Å². The number of hydrogen-bond donors (Lipinski definition) is 4. The number of nitrogens with zero attached hydrogens (tertiary/aromatic N) is 2. The Balaban J connectivity index is 0.00000111. The van der Waals surface area contributed by atoms with Crippen LogP contribution < -0.4 is 11.5 Å². The Hall–Kier alpha value is -2.27. The van der Waals surface area contributed by atoms with Crippen molar-refractivity contribution < 1.29 is 34.4 Å². The molecule has 0 saturated carbocycles. The van der Waals surface area contributed by atoms with Crippen molar-refractivity contribution in [3.05, 3.63) is 36.4 Å². The first kappa shape index (κ1) is 30.7. The van der Waals surface area contributed by atoms with Crippen LogP contribution in [0.5, 0.6) is 0 Å². The van der Waals surface area contributed by atoms with Crippen molar-refractivity contribution in [2.45, 2.75) is 19.6 Å². The molecule has 0 unspecified atom stereocenters. The standard InChI is InChI=1S/C12H12N2O8S3.2C3H9N/c13-9-3-1-7(5-11(9)24(17,18)19)23(15,16)8-2-4-10(14)12(6-8)25(20,21)22;2*1-4(2)3/h1-6H,13-14H2,(H,17,18,19)(H,20,21,22);2*1-3H3. The van der Waals surface area contributed by atoms with Gasteiger partial charge in [-0.05, 0) is 78.7 Å². The quantitative estimate of drug-likeness (QED) is 0.318. The van der Waals surface area contributed by atoms with Gasteiger partial charge < -0.3 is 21.3 Å². The fourth-order valence-corrected chi connectivity index (χ4v) is 4.69. The van der Waals surface area contributed by atoms with Crippen LogP contribution in [0.15, 0.2) is 56.0 Å². The molecule has 0 bridgehead atoms. The van der Waals surface area contributed by atoms with Crippen molar-refractivity contribution >= 4 is 41.4 Å². The largest absolute Gasteiger partial charge is 0.398 e. The average Bonchev–Trinajstić information content (AvgIpc) is 2.59. The van der Waals surface area contributed by atoms with E-state index in [0.29, 0.717) is 12.1 Å². The molecule has 2 aromatic carbocycles. The normalized spacial score (nSPS) is 11.9. The second kappa shape index (κ2) is 11.7. The maximum Gasteiger partial charge on any atom is 0.296 e. The van der Waals surface area contributed by atoms with Crippen LogP contribution in [-0.4, -0.2) is 86.4 Å². The van der Waals surface area contributed by atoms with Gasteiger partial charge in [0.1, 0.15) is 9.79 Å². The molecule has 0 spiro atoms. The molecule has 0 aliphatic carbocycles. The minimum absolute atomic E-state index is 0.377. The molecule has 188 valence electrons. The van der Waals surface area contributed by atoms with Crippen LogP contribution in [0.25, 0.3) is 0 Å². The topological polar surface area (TPSA) is 201 Å². The zero-order valence-corrected chi connectivity index (χ0v) is 21.5. The van der Waals surface area contributed by atoms with Crippen molar-refractivity contribution in [3.63, 3.8) is 0 Å². The first-order valence-corrected chi connectivity index (χ1v) is 13.3. The molecule has 0 aromatic heterocycles. The van der Waals surface area contributed by atoms with E-state index in [2.05, 4.69) is 0 Å². The highest BCUT2D eigenvalue weighted by Crippen LogP contribution is 2.29. The third-order valence-corrected chi connectivity index (χ3v) is 6.71. The average molecular weight is 527 g/mol. The molecule has 15 heteroatoms. The highest BCUT2D eigenvalue weighted by Gasteiger charge is 2.25. The zero-order chi connectivity index (χ0) is 26.4. The number of anilines is 2. The smallest absolute Gasteiger partial charge is 0.296 e. The van der Waals surface area contributed by atoms with E-state index in [9.17, 15) is 25.3 Å². The lowest BCUT2D eigenvalue weighted by atomic mass is 10.3. The van der Waals surface area contributed by atoms with Gasteiger partial charge >= 0.3 is 0 Å². The molecule has 2 aromatic rings. The van der Waals surface area contributed by atoms with E-state index in [4.69, 9.17) is 20.6 Å². The van der Waals surface area contributed by atoms with Gasteiger partial charge in [-0.25, -0.2) is 8.42 Å². The molecule has 0 atom stereocenters. The van der Waals surface area contributed by atoms with Crippen LogP contribution in [0.1, 0.15) is 0 Å². The van der Waals surface area contributed by atoms with E-state index >= 15 is 0 Å². The number of hydrogen-bond acceptors (Lipinski definition) is 10. The van der Waals surface area contributed by atoms with Crippen molar-refractivity contribution in [3.8, 4) is 0 Å². The van der Waals surface area contributed by atoms with Gasteiger partial charge in [-0.3, -0.25) is 9.11 Å². The molecule has 6 N–H and O–H groups in total. The molecular formula is C18H30N4O8S3. The Morgan fingerprint density at radius 2 is 0.848 bits per heavy atom. The number of nitrogen functional groups attached to an aromatic ring is 2. The molecule has 0 amide bonds. The van der Waals surface area contributed by atoms with Crippen LogP contribution in [0.2, 0.25) is 0 Å². The van der Waals surface area contributed by atoms with Gasteiger partial charge in [0.15, 0.2) is 0 Å². The summed E-state index contributed by atoms with van der Waals surface area (Å²) in [5, 5.41) is 0. The van der Waals surface area contributed by atoms with Crippen LogP contribution in [0.4, 0.5) is 11.4 Å². The van der Waals surface area contributed by atoms with E-state index in [1.165, 1.54) is 0 Å². The van der Waals surface area contributed by atoms with Gasteiger partial charge in [0.25, 0.3) is 20.2 Å². The van der Waals surface area contributed by atoms with Crippen LogP contribution in [0.3, 0.4) is 0 Å². The minimum atomic E-state index is -4.78. The summed E-state index contributed by atoms with van der Waals surface area (Å²) in [5.41, 5.74) is 10.0. The highest BCUT2D eigenvalue weighted by molar-refractivity contribution is 7.91. The monoisotopic (exact) mass is 526 g/mol.